The van der Waals surface area contributed by atoms with Gasteiger partial charge in [-0.15, -0.1) is 0 Å². The van der Waals surface area contributed by atoms with Crippen LogP contribution in [0, 0.1) is 0 Å². The van der Waals surface area contributed by atoms with E-state index in [1.54, 1.807) is 0 Å². The molecule has 1 fully saturated rings. The van der Waals surface area contributed by atoms with Gasteiger partial charge in [-0.3, -0.25) is 4.79 Å². The summed E-state index contributed by atoms with van der Waals surface area (Å²) in [5.41, 5.74) is 0. The van der Waals surface area contributed by atoms with Gasteiger partial charge in [0.2, 0.25) is 5.91 Å². The molecule has 4 unspecified atom stereocenters. The van der Waals surface area contributed by atoms with Gasteiger partial charge < -0.3 is 10.6 Å². The standard InChI is InChI=1S/C15H30N2OS/c1-5-8-11(3)16-15(18)12(4)17-13-9-7-10-14(13)19-6-2/h11-14,17H,5-10H2,1-4H3,(H,16,18). The molecule has 1 aliphatic rings. The first-order valence-corrected chi connectivity index (χ1v) is 8.81. The molecule has 112 valence electrons. The van der Waals surface area contributed by atoms with E-state index >= 15 is 0 Å². The Hall–Kier alpha value is -0.220. The first kappa shape index (κ1) is 16.8. The summed E-state index contributed by atoms with van der Waals surface area (Å²) >= 11 is 2.03. The fourth-order valence-electron chi connectivity index (χ4n) is 2.80. The summed E-state index contributed by atoms with van der Waals surface area (Å²) in [5, 5.41) is 7.31. The smallest absolute Gasteiger partial charge is 0.237 e. The SMILES string of the molecule is CCCC(C)NC(=O)C(C)NC1CCCC1SCC. The number of hydrogen-bond donors (Lipinski definition) is 2. The monoisotopic (exact) mass is 286 g/mol. The van der Waals surface area contributed by atoms with E-state index in [1.807, 2.05) is 18.7 Å². The Morgan fingerprint density at radius 3 is 2.68 bits per heavy atom. The van der Waals surface area contributed by atoms with Crippen LogP contribution in [0.1, 0.15) is 59.8 Å². The van der Waals surface area contributed by atoms with Crippen LogP contribution in [-0.2, 0) is 4.79 Å². The number of amides is 1. The quantitative estimate of drug-likeness (QED) is 0.721. The third-order valence-corrected chi connectivity index (χ3v) is 5.13. The second kappa shape index (κ2) is 8.85. The lowest BCUT2D eigenvalue weighted by Gasteiger charge is -2.25. The number of carbonyl (C=O) groups excluding carboxylic acids is 1. The predicted octanol–water partition coefficient (Wildman–Crippen LogP) is 2.94. The topological polar surface area (TPSA) is 41.1 Å². The highest BCUT2D eigenvalue weighted by molar-refractivity contribution is 7.99. The summed E-state index contributed by atoms with van der Waals surface area (Å²) in [4.78, 5) is 12.1. The Morgan fingerprint density at radius 1 is 1.32 bits per heavy atom. The van der Waals surface area contributed by atoms with Crippen molar-refractivity contribution in [3.05, 3.63) is 0 Å². The number of rotatable bonds is 8. The van der Waals surface area contributed by atoms with Crippen LogP contribution >= 0.6 is 11.8 Å². The number of hydrogen-bond acceptors (Lipinski definition) is 3. The molecule has 0 aromatic rings. The highest BCUT2D eigenvalue weighted by Crippen LogP contribution is 2.30. The Bertz CT molecular complexity index is 273. The maximum absolute atomic E-state index is 12.1. The van der Waals surface area contributed by atoms with E-state index in [-0.39, 0.29) is 18.0 Å². The summed E-state index contributed by atoms with van der Waals surface area (Å²) in [6, 6.07) is 0.709. The van der Waals surface area contributed by atoms with E-state index < -0.39 is 0 Å². The van der Waals surface area contributed by atoms with Crippen LogP contribution in [0.4, 0.5) is 0 Å². The first-order valence-electron chi connectivity index (χ1n) is 7.76. The molecule has 1 amide bonds. The lowest BCUT2D eigenvalue weighted by molar-refractivity contribution is -0.123. The Morgan fingerprint density at radius 2 is 2.05 bits per heavy atom. The van der Waals surface area contributed by atoms with Crippen molar-refractivity contribution in [3.63, 3.8) is 0 Å². The highest BCUT2D eigenvalue weighted by atomic mass is 32.2. The molecule has 0 aliphatic heterocycles. The van der Waals surface area contributed by atoms with Gasteiger partial charge in [0.15, 0.2) is 0 Å². The molecule has 0 bridgehead atoms. The molecule has 2 N–H and O–H groups in total. The molecule has 19 heavy (non-hydrogen) atoms. The molecule has 1 rings (SSSR count). The predicted molar refractivity (Wildman–Crippen MR) is 84.7 cm³/mol. The first-order chi connectivity index (χ1) is 9.08. The maximum Gasteiger partial charge on any atom is 0.237 e. The summed E-state index contributed by atoms with van der Waals surface area (Å²) in [6.07, 6.45) is 5.95. The summed E-state index contributed by atoms with van der Waals surface area (Å²) < 4.78 is 0. The van der Waals surface area contributed by atoms with E-state index in [2.05, 4.69) is 31.4 Å². The normalized spacial score (nSPS) is 26.1. The zero-order chi connectivity index (χ0) is 14.3. The van der Waals surface area contributed by atoms with E-state index in [1.165, 1.54) is 19.3 Å². The fourth-order valence-corrected chi connectivity index (χ4v) is 4.01. The number of thioether (sulfide) groups is 1. The third-order valence-electron chi connectivity index (χ3n) is 3.80. The molecule has 3 nitrogen and oxygen atoms in total. The zero-order valence-corrected chi connectivity index (χ0v) is 13.7. The fraction of sp³-hybridized carbons (Fsp3) is 0.933. The van der Waals surface area contributed by atoms with Gasteiger partial charge >= 0.3 is 0 Å². The van der Waals surface area contributed by atoms with E-state index in [0.717, 1.165) is 18.6 Å². The molecule has 0 radical (unpaired) electrons. The van der Waals surface area contributed by atoms with Crippen molar-refractivity contribution in [2.45, 2.75) is 83.2 Å². The number of nitrogens with one attached hydrogen (secondary N) is 2. The minimum Gasteiger partial charge on any atom is -0.352 e. The van der Waals surface area contributed by atoms with Crippen molar-refractivity contribution in [2.24, 2.45) is 0 Å². The Kier molecular flexibility index (Phi) is 7.84. The minimum absolute atomic E-state index is 0.0811. The molecule has 4 atom stereocenters. The van der Waals surface area contributed by atoms with Crippen LogP contribution in [0.5, 0.6) is 0 Å². The number of carbonyl (C=O) groups is 1. The van der Waals surface area contributed by atoms with E-state index in [4.69, 9.17) is 0 Å². The van der Waals surface area contributed by atoms with E-state index in [0.29, 0.717) is 11.3 Å². The van der Waals surface area contributed by atoms with Crippen molar-refractivity contribution >= 4 is 17.7 Å². The Balaban J connectivity index is 2.36. The van der Waals surface area contributed by atoms with Crippen molar-refractivity contribution in [3.8, 4) is 0 Å². The van der Waals surface area contributed by atoms with Crippen LogP contribution in [0.15, 0.2) is 0 Å². The molecular weight excluding hydrogens is 256 g/mol. The van der Waals surface area contributed by atoms with Crippen LogP contribution in [0.25, 0.3) is 0 Å². The van der Waals surface area contributed by atoms with Crippen LogP contribution in [0.2, 0.25) is 0 Å². The minimum atomic E-state index is -0.0811. The molecule has 0 spiro atoms. The van der Waals surface area contributed by atoms with Gasteiger partial charge in [-0.25, -0.2) is 0 Å². The van der Waals surface area contributed by atoms with Crippen molar-refractivity contribution < 1.29 is 4.79 Å². The van der Waals surface area contributed by atoms with Crippen LogP contribution in [0.3, 0.4) is 0 Å². The van der Waals surface area contributed by atoms with Crippen molar-refractivity contribution in [2.75, 3.05) is 5.75 Å². The van der Waals surface area contributed by atoms with Crippen LogP contribution in [-0.4, -0.2) is 35.0 Å². The summed E-state index contributed by atoms with van der Waals surface area (Å²) in [6.45, 7) is 8.43. The Labute approximate surface area is 122 Å². The molecular formula is C15H30N2OS. The van der Waals surface area contributed by atoms with Gasteiger partial charge in [0.05, 0.1) is 6.04 Å². The van der Waals surface area contributed by atoms with Gasteiger partial charge in [0.25, 0.3) is 0 Å². The highest BCUT2D eigenvalue weighted by Gasteiger charge is 2.29. The maximum atomic E-state index is 12.1. The summed E-state index contributed by atoms with van der Waals surface area (Å²) in [7, 11) is 0. The molecule has 4 heteroatoms. The van der Waals surface area contributed by atoms with Gasteiger partial charge in [0.1, 0.15) is 0 Å². The summed E-state index contributed by atoms with van der Waals surface area (Å²) in [5.74, 6) is 1.31. The largest absolute Gasteiger partial charge is 0.352 e. The molecule has 1 aliphatic carbocycles. The van der Waals surface area contributed by atoms with E-state index in [9.17, 15) is 4.79 Å². The third kappa shape index (κ3) is 5.74. The molecule has 0 heterocycles. The zero-order valence-electron chi connectivity index (χ0n) is 12.9. The lowest BCUT2D eigenvalue weighted by atomic mass is 10.1. The second-order valence-corrected chi connectivity index (χ2v) is 7.13. The average molecular weight is 286 g/mol. The van der Waals surface area contributed by atoms with Crippen molar-refractivity contribution in [1.29, 1.82) is 0 Å². The van der Waals surface area contributed by atoms with Gasteiger partial charge in [-0.1, -0.05) is 26.7 Å². The van der Waals surface area contributed by atoms with Gasteiger partial charge in [-0.2, -0.15) is 11.8 Å². The molecule has 0 aromatic carbocycles. The second-order valence-electron chi connectivity index (χ2n) is 5.62. The van der Waals surface area contributed by atoms with Crippen LogP contribution < -0.4 is 10.6 Å². The van der Waals surface area contributed by atoms with Gasteiger partial charge in [0, 0.05) is 17.3 Å². The molecule has 0 saturated heterocycles. The average Bonchev–Trinajstić information content (AvgIpc) is 2.77. The van der Waals surface area contributed by atoms with Crippen molar-refractivity contribution in [1.82, 2.24) is 10.6 Å². The lowest BCUT2D eigenvalue weighted by Crippen LogP contribution is -2.50. The molecule has 0 aromatic heterocycles. The molecule has 1 saturated carbocycles. The van der Waals surface area contributed by atoms with Gasteiger partial charge in [-0.05, 0) is 38.9 Å².